The lowest BCUT2D eigenvalue weighted by molar-refractivity contribution is -0.136. The monoisotopic (exact) mass is 211 g/mol. The van der Waals surface area contributed by atoms with E-state index in [1.54, 1.807) is 6.07 Å². The molecule has 0 saturated carbocycles. The highest BCUT2D eigenvalue weighted by molar-refractivity contribution is 6.30. The van der Waals surface area contributed by atoms with E-state index in [2.05, 4.69) is 0 Å². The van der Waals surface area contributed by atoms with Gasteiger partial charge in [-0.25, -0.2) is 0 Å². The molecule has 14 heavy (non-hydrogen) atoms. The van der Waals surface area contributed by atoms with Crippen LogP contribution in [0.15, 0.2) is 12.1 Å². The van der Waals surface area contributed by atoms with Crippen molar-refractivity contribution in [3.63, 3.8) is 0 Å². The van der Waals surface area contributed by atoms with Gasteiger partial charge < -0.3 is 10.2 Å². The summed E-state index contributed by atoms with van der Waals surface area (Å²) in [7, 11) is 0. The van der Waals surface area contributed by atoms with Crippen molar-refractivity contribution in [3.8, 4) is 11.8 Å². The number of phenolic OH excluding ortho intramolecular Hbond substituents is 1. The normalized spacial score (nSPS) is 9.43. The fourth-order valence-corrected chi connectivity index (χ4v) is 1.31. The molecule has 0 spiro atoms. The molecule has 72 valence electrons. The zero-order valence-corrected chi connectivity index (χ0v) is 7.75. The number of nitriles is 1. The Kier molecular flexibility index (Phi) is 2.95. The fraction of sp³-hybridized carbons (Fsp3) is 0.111. The fourth-order valence-electron chi connectivity index (χ4n) is 1.08. The van der Waals surface area contributed by atoms with Crippen molar-refractivity contribution in [2.45, 2.75) is 6.42 Å². The Morgan fingerprint density at radius 1 is 1.57 bits per heavy atom. The standard InChI is InChI=1S/C9H6ClNO3/c10-6-1-5(2-9(13)14)7(4-11)8(12)3-6/h1,3,12H,2H2,(H,13,14). The molecule has 1 aromatic carbocycles. The van der Waals surface area contributed by atoms with Gasteiger partial charge in [-0.05, 0) is 17.7 Å². The maximum absolute atomic E-state index is 10.4. The van der Waals surface area contributed by atoms with E-state index in [1.165, 1.54) is 12.1 Å². The lowest BCUT2D eigenvalue weighted by Gasteiger charge is -2.03. The van der Waals surface area contributed by atoms with E-state index in [1.807, 2.05) is 0 Å². The largest absolute Gasteiger partial charge is 0.507 e. The molecule has 0 amide bonds. The van der Waals surface area contributed by atoms with E-state index in [4.69, 9.17) is 22.0 Å². The highest BCUT2D eigenvalue weighted by atomic mass is 35.5. The first-order chi connectivity index (χ1) is 6.54. The molecule has 0 saturated heterocycles. The van der Waals surface area contributed by atoms with E-state index >= 15 is 0 Å². The Hall–Kier alpha value is -1.73. The SMILES string of the molecule is N#Cc1c(O)cc(Cl)cc1CC(=O)O. The van der Waals surface area contributed by atoms with Crippen molar-refractivity contribution in [2.75, 3.05) is 0 Å². The van der Waals surface area contributed by atoms with E-state index in [9.17, 15) is 9.90 Å². The van der Waals surface area contributed by atoms with Crippen LogP contribution in [0.1, 0.15) is 11.1 Å². The summed E-state index contributed by atoms with van der Waals surface area (Å²) >= 11 is 5.60. The summed E-state index contributed by atoms with van der Waals surface area (Å²) in [5.41, 5.74) is 0.168. The van der Waals surface area contributed by atoms with Crippen LogP contribution in [-0.2, 0) is 11.2 Å². The molecule has 0 aliphatic carbocycles. The molecule has 4 nitrogen and oxygen atoms in total. The molecule has 5 heteroatoms. The molecule has 0 fully saturated rings. The number of rotatable bonds is 2. The minimum Gasteiger partial charge on any atom is -0.507 e. The maximum atomic E-state index is 10.4. The van der Waals surface area contributed by atoms with Gasteiger partial charge in [-0.2, -0.15) is 5.26 Å². The topological polar surface area (TPSA) is 81.3 Å². The zero-order chi connectivity index (χ0) is 10.7. The molecule has 0 heterocycles. The first-order valence-corrected chi connectivity index (χ1v) is 4.05. The number of aliphatic carboxylic acids is 1. The van der Waals surface area contributed by atoms with Gasteiger partial charge in [-0.15, -0.1) is 0 Å². The first kappa shape index (κ1) is 10.4. The molecule has 1 aromatic rings. The molecule has 0 aromatic heterocycles. The highest BCUT2D eigenvalue weighted by Gasteiger charge is 2.11. The number of nitrogens with zero attached hydrogens (tertiary/aromatic N) is 1. The summed E-state index contributed by atoms with van der Waals surface area (Å²) in [6.07, 6.45) is -0.336. The minimum absolute atomic E-state index is 0.0446. The Labute approximate surface area is 85.0 Å². The molecular weight excluding hydrogens is 206 g/mol. The van der Waals surface area contributed by atoms with Gasteiger partial charge in [0, 0.05) is 5.02 Å². The van der Waals surface area contributed by atoms with Crippen molar-refractivity contribution in [1.82, 2.24) is 0 Å². The van der Waals surface area contributed by atoms with Crippen LogP contribution in [0.2, 0.25) is 5.02 Å². The van der Waals surface area contributed by atoms with Crippen molar-refractivity contribution in [2.24, 2.45) is 0 Å². The number of benzene rings is 1. The summed E-state index contributed by atoms with van der Waals surface area (Å²) < 4.78 is 0. The maximum Gasteiger partial charge on any atom is 0.307 e. The summed E-state index contributed by atoms with van der Waals surface area (Å²) in [4.78, 5) is 10.4. The number of hydrogen-bond acceptors (Lipinski definition) is 3. The minimum atomic E-state index is -1.08. The number of carboxylic acids is 1. The molecule has 2 N–H and O–H groups in total. The number of halogens is 1. The third-order valence-electron chi connectivity index (χ3n) is 1.62. The van der Waals surface area contributed by atoms with Crippen molar-refractivity contribution >= 4 is 17.6 Å². The molecular formula is C9H6ClNO3. The lowest BCUT2D eigenvalue weighted by Crippen LogP contribution is -2.02. The second-order valence-electron chi connectivity index (χ2n) is 2.64. The summed E-state index contributed by atoms with van der Waals surface area (Å²) in [6.45, 7) is 0. The summed E-state index contributed by atoms with van der Waals surface area (Å²) in [5, 5.41) is 26.7. The van der Waals surface area contributed by atoms with Crippen molar-refractivity contribution in [1.29, 1.82) is 5.26 Å². The number of phenols is 1. The van der Waals surface area contributed by atoms with Crippen LogP contribution in [0.5, 0.6) is 5.75 Å². The zero-order valence-electron chi connectivity index (χ0n) is 6.99. The molecule has 0 radical (unpaired) electrons. The van der Waals surface area contributed by atoms with Gasteiger partial charge >= 0.3 is 5.97 Å². The Morgan fingerprint density at radius 3 is 2.71 bits per heavy atom. The van der Waals surface area contributed by atoms with E-state index < -0.39 is 5.97 Å². The molecule has 0 bridgehead atoms. The number of aromatic hydroxyl groups is 1. The molecule has 1 rings (SSSR count). The molecule has 0 aliphatic rings. The Bertz CT molecular complexity index is 423. The summed E-state index contributed by atoms with van der Waals surface area (Å²) in [6, 6.07) is 4.28. The predicted octanol–water partition coefficient (Wildman–Crippen LogP) is 1.54. The second-order valence-corrected chi connectivity index (χ2v) is 3.08. The Balaban J connectivity index is 3.26. The van der Waals surface area contributed by atoms with E-state index in [-0.39, 0.29) is 28.3 Å². The van der Waals surface area contributed by atoms with Crippen LogP contribution in [0.25, 0.3) is 0 Å². The molecule has 0 aliphatic heterocycles. The summed E-state index contributed by atoms with van der Waals surface area (Å²) in [5.74, 6) is -1.38. The average molecular weight is 212 g/mol. The van der Waals surface area contributed by atoms with Crippen molar-refractivity contribution < 1.29 is 15.0 Å². The van der Waals surface area contributed by atoms with Gasteiger partial charge in [0.2, 0.25) is 0 Å². The lowest BCUT2D eigenvalue weighted by atomic mass is 10.0. The smallest absolute Gasteiger partial charge is 0.307 e. The highest BCUT2D eigenvalue weighted by Crippen LogP contribution is 2.25. The van der Waals surface area contributed by atoms with Crippen LogP contribution in [-0.4, -0.2) is 16.2 Å². The number of carbonyl (C=O) groups is 1. The van der Waals surface area contributed by atoms with Gasteiger partial charge in [0.25, 0.3) is 0 Å². The Morgan fingerprint density at radius 2 is 2.21 bits per heavy atom. The predicted molar refractivity (Wildman–Crippen MR) is 49.2 cm³/mol. The average Bonchev–Trinajstić information content (AvgIpc) is 2.01. The van der Waals surface area contributed by atoms with Crippen molar-refractivity contribution in [3.05, 3.63) is 28.3 Å². The molecule has 0 atom stereocenters. The number of carboxylic acid groups (broad SMARTS) is 1. The van der Waals surface area contributed by atoms with Gasteiger partial charge in [-0.1, -0.05) is 11.6 Å². The van der Waals surface area contributed by atoms with Crippen LogP contribution in [0.4, 0.5) is 0 Å². The third-order valence-corrected chi connectivity index (χ3v) is 1.84. The van der Waals surface area contributed by atoms with Gasteiger partial charge in [-0.3, -0.25) is 4.79 Å². The molecule has 0 unspecified atom stereocenters. The van der Waals surface area contributed by atoms with Crippen LogP contribution >= 0.6 is 11.6 Å². The quantitative estimate of drug-likeness (QED) is 0.778. The third kappa shape index (κ3) is 2.15. The number of hydrogen-bond donors (Lipinski definition) is 2. The van der Waals surface area contributed by atoms with Crippen LogP contribution < -0.4 is 0 Å². The van der Waals surface area contributed by atoms with Gasteiger partial charge in [0.1, 0.15) is 11.8 Å². The second kappa shape index (κ2) is 3.99. The van der Waals surface area contributed by atoms with Crippen LogP contribution in [0.3, 0.4) is 0 Å². The van der Waals surface area contributed by atoms with Gasteiger partial charge in [0.05, 0.1) is 12.0 Å². The van der Waals surface area contributed by atoms with Crippen LogP contribution in [0, 0.1) is 11.3 Å². The van der Waals surface area contributed by atoms with Gasteiger partial charge in [0.15, 0.2) is 0 Å². The van der Waals surface area contributed by atoms with E-state index in [0.717, 1.165) is 0 Å². The van der Waals surface area contributed by atoms with E-state index in [0.29, 0.717) is 0 Å². The first-order valence-electron chi connectivity index (χ1n) is 3.68.